The van der Waals surface area contributed by atoms with Crippen LogP contribution < -0.4 is 11.1 Å². The van der Waals surface area contributed by atoms with Gasteiger partial charge in [0.1, 0.15) is 0 Å². The second-order valence-electron chi connectivity index (χ2n) is 6.41. The first-order chi connectivity index (χ1) is 13.9. The Labute approximate surface area is 164 Å². The lowest BCUT2D eigenvalue weighted by atomic mass is 9.82. The van der Waals surface area contributed by atoms with Gasteiger partial charge in [-0.15, -0.1) is 0 Å². The van der Waals surface area contributed by atoms with Crippen LogP contribution in [0.4, 0.5) is 17.1 Å². The van der Waals surface area contributed by atoms with Gasteiger partial charge in [0, 0.05) is 34.5 Å². The van der Waals surface area contributed by atoms with Gasteiger partial charge >= 0.3 is 0 Å². The summed E-state index contributed by atoms with van der Waals surface area (Å²) in [6.07, 6.45) is 0. The summed E-state index contributed by atoms with van der Waals surface area (Å²) in [5.41, 5.74) is 6.83. The maximum absolute atomic E-state index is 13.0. The van der Waals surface area contributed by atoms with Gasteiger partial charge in [-0.05, 0) is 24.3 Å². The van der Waals surface area contributed by atoms with E-state index < -0.39 is 16.6 Å². The van der Waals surface area contributed by atoms with Gasteiger partial charge in [-0.25, -0.2) is 0 Å². The third kappa shape index (κ3) is 2.92. The number of nitro groups is 1. The largest absolute Gasteiger partial charge is 0.398 e. The number of fused-ring (bicyclic) bond motifs is 2. The number of hydrogen-bond donors (Lipinski definition) is 2. The molecule has 0 heterocycles. The summed E-state index contributed by atoms with van der Waals surface area (Å²) in [5.74, 6) is -1.38. The standard InChI is InChI=1S/C21H13N3O5/c22-15-9-10-16(23-21(27)11-5-7-12(8-6-11)24(28)29)18-17(15)19(25)13-3-1-2-4-14(13)20(18)26/h1-10H,22H2,(H,23,27). The summed E-state index contributed by atoms with van der Waals surface area (Å²) in [7, 11) is 0. The maximum Gasteiger partial charge on any atom is 0.269 e. The number of nitro benzene ring substituents is 1. The molecule has 0 aliphatic heterocycles. The number of nitrogens with one attached hydrogen (secondary N) is 1. The zero-order valence-corrected chi connectivity index (χ0v) is 14.8. The Balaban J connectivity index is 1.75. The van der Waals surface area contributed by atoms with Crippen molar-refractivity contribution in [2.45, 2.75) is 0 Å². The van der Waals surface area contributed by atoms with Crippen molar-refractivity contribution in [3.8, 4) is 0 Å². The number of nitrogens with zero attached hydrogens (tertiary/aromatic N) is 1. The maximum atomic E-state index is 13.0. The fraction of sp³-hybridized carbons (Fsp3) is 0. The Morgan fingerprint density at radius 1 is 0.862 bits per heavy atom. The fourth-order valence-electron chi connectivity index (χ4n) is 3.28. The third-order valence-electron chi connectivity index (χ3n) is 4.70. The number of non-ortho nitro benzene ring substituents is 1. The second-order valence-corrected chi connectivity index (χ2v) is 6.41. The molecule has 0 aromatic heterocycles. The summed E-state index contributed by atoms with van der Waals surface area (Å²) in [5, 5.41) is 13.4. The molecule has 1 aliphatic carbocycles. The van der Waals surface area contributed by atoms with Crippen molar-refractivity contribution in [2.24, 2.45) is 0 Å². The van der Waals surface area contributed by atoms with Gasteiger partial charge in [0.05, 0.1) is 21.7 Å². The van der Waals surface area contributed by atoms with E-state index in [0.717, 1.165) is 0 Å². The first kappa shape index (κ1) is 18.1. The van der Waals surface area contributed by atoms with Gasteiger partial charge in [0.25, 0.3) is 11.6 Å². The van der Waals surface area contributed by atoms with Crippen molar-refractivity contribution in [3.63, 3.8) is 0 Å². The van der Waals surface area contributed by atoms with Crippen LogP contribution in [0.3, 0.4) is 0 Å². The lowest BCUT2D eigenvalue weighted by Crippen LogP contribution is -2.25. The Morgan fingerprint density at radius 3 is 2.03 bits per heavy atom. The van der Waals surface area contributed by atoms with Crippen LogP contribution >= 0.6 is 0 Å². The normalized spacial score (nSPS) is 12.1. The number of hydrogen-bond acceptors (Lipinski definition) is 6. The second kappa shape index (κ2) is 6.68. The van der Waals surface area contributed by atoms with E-state index in [9.17, 15) is 24.5 Å². The van der Waals surface area contributed by atoms with E-state index in [-0.39, 0.29) is 50.7 Å². The van der Waals surface area contributed by atoms with Gasteiger partial charge in [-0.1, -0.05) is 24.3 Å². The highest BCUT2D eigenvalue weighted by Crippen LogP contribution is 2.35. The Hall–Kier alpha value is -4.33. The van der Waals surface area contributed by atoms with E-state index in [4.69, 9.17) is 5.73 Å². The van der Waals surface area contributed by atoms with E-state index >= 15 is 0 Å². The van der Waals surface area contributed by atoms with Gasteiger partial charge in [0.15, 0.2) is 11.6 Å². The molecular weight excluding hydrogens is 374 g/mol. The van der Waals surface area contributed by atoms with Crippen LogP contribution in [0.2, 0.25) is 0 Å². The molecule has 3 aromatic carbocycles. The Kier molecular flexibility index (Phi) is 4.16. The van der Waals surface area contributed by atoms with Crippen LogP contribution in [0.5, 0.6) is 0 Å². The zero-order chi connectivity index (χ0) is 20.7. The van der Waals surface area contributed by atoms with Crippen LogP contribution in [-0.4, -0.2) is 22.4 Å². The van der Waals surface area contributed by atoms with E-state index in [0.29, 0.717) is 0 Å². The zero-order valence-electron chi connectivity index (χ0n) is 14.8. The topological polar surface area (TPSA) is 132 Å². The number of anilines is 2. The van der Waals surface area contributed by atoms with E-state index in [2.05, 4.69) is 5.32 Å². The predicted molar refractivity (Wildman–Crippen MR) is 105 cm³/mol. The van der Waals surface area contributed by atoms with Crippen molar-refractivity contribution in [2.75, 3.05) is 11.1 Å². The van der Waals surface area contributed by atoms with Crippen LogP contribution in [0.15, 0.2) is 60.7 Å². The van der Waals surface area contributed by atoms with Crippen LogP contribution in [-0.2, 0) is 0 Å². The highest BCUT2D eigenvalue weighted by atomic mass is 16.6. The molecule has 0 saturated carbocycles. The minimum atomic E-state index is -0.578. The molecule has 1 amide bonds. The summed E-state index contributed by atoms with van der Waals surface area (Å²) in [6, 6.07) is 14.3. The quantitative estimate of drug-likeness (QED) is 0.315. The molecular formula is C21H13N3O5. The molecule has 0 unspecified atom stereocenters. The molecule has 0 spiro atoms. The molecule has 0 atom stereocenters. The summed E-state index contributed by atoms with van der Waals surface area (Å²) in [4.78, 5) is 48.7. The van der Waals surface area contributed by atoms with E-state index in [1.54, 1.807) is 24.3 Å². The Bertz CT molecular complexity index is 1220. The van der Waals surface area contributed by atoms with E-state index in [1.165, 1.54) is 36.4 Å². The van der Waals surface area contributed by atoms with Gasteiger partial charge in [0.2, 0.25) is 0 Å². The average Bonchev–Trinajstić information content (AvgIpc) is 2.73. The molecule has 3 N–H and O–H groups in total. The van der Waals surface area contributed by atoms with Crippen molar-refractivity contribution in [1.82, 2.24) is 0 Å². The summed E-state index contributed by atoms with van der Waals surface area (Å²) >= 11 is 0. The van der Waals surface area contributed by atoms with Gasteiger partial charge in [-0.2, -0.15) is 0 Å². The van der Waals surface area contributed by atoms with Crippen molar-refractivity contribution >= 4 is 34.5 Å². The van der Waals surface area contributed by atoms with Crippen molar-refractivity contribution in [1.29, 1.82) is 0 Å². The van der Waals surface area contributed by atoms with Crippen LogP contribution in [0, 0.1) is 10.1 Å². The molecule has 3 aromatic rings. The third-order valence-corrected chi connectivity index (χ3v) is 4.70. The van der Waals surface area contributed by atoms with Crippen molar-refractivity contribution in [3.05, 3.63) is 98.6 Å². The minimum absolute atomic E-state index is 0.0314. The van der Waals surface area contributed by atoms with Gasteiger partial charge < -0.3 is 11.1 Å². The molecule has 1 aliphatic rings. The number of rotatable bonds is 3. The first-order valence-electron chi connectivity index (χ1n) is 8.55. The molecule has 8 heteroatoms. The molecule has 0 fully saturated rings. The number of ketones is 2. The smallest absolute Gasteiger partial charge is 0.269 e. The summed E-state index contributed by atoms with van der Waals surface area (Å²) < 4.78 is 0. The monoisotopic (exact) mass is 387 g/mol. The molecule has 8 nitrogen and oxygen atoms in total. The van der Waals surface area contributed by atoms with Gasteiger partial charge in [-0.3, -0.25) is 24.5 Å². The molecule has 4 rings (SSSR count). The Morgan fingerprint density at radius 2 is 1.45 bits per heavy atom. The number of carbonyl (C=O) groups excluding carboxylic acids is 3. The van der Waals surface area contributed by atoms with Crippen molar-refractivity contribution < 1.29 is 19.3 Å². The molecule has 0 bridgehead atoms. The average molecular weight is 387 g/mol. The number of benzene rings is 3. The first-order valence-corrected chi connectivity index (χ1v) is 8.55. The highest BCUT2D eigenvalue weighted by Gasteiger charge is 2.33. The molecule has 142 valence electrons. The van der Waals surface area contributed by atoms with E-state index in [1.807, 2.05) is 0 Å². The number of amides is 1. The molecule has 29 heavy (non-hydrogen) atoms. The fourth-order valence-corrected chi connectivity index (χ4v) is 3.28. The lowest BCUT2D eigenvalue weighted by Gasteiger charge is -2.21. The SMILES string of the molecule is Nc1ccc(NC(=O)c2ccc([N+](=O)[O-])cc2)c2c1C(=O)c1ccccc1C2=O. The number of nitrogens with two attached hydrogens (primary N) is 1. The molecule has 0 saturated heterocycles. The number of nitrogen functional groups attached to an aromatic ring is 1. The highest BCUT2D eigenvalue weighted by molar-refractivity contribution is 6.32. The number of carbonyl (C=O) groups is 3. The summed E-state index contributed by atoms with van der Waals surface area (Å²) in [6.45, 7) is 0. The van der Waals surface area contributed by atoms with Crippen LogP contribution in [0.1, 0.15) is 42.2 Å². The predicted octanol–water partition coefficient (Wildman–Crippen LogP) is 3.20. The lowest BCUT2D eigenvalue weighted by molar-refractivity contribution is -0.384. The van der Waals surface area contributed by atoms with Crippen LogP contribution in [0.25, 0.3) is 0 Å². The minimum Gasteiger partial charge on any atom is -0.398 e. The molecule has 0 radical (unpaired) electrons.